The van der Waals surface area contributed by atoms with E-state index in [-0.39, 0.29) is 85.3 Å². The van der Waals surface area contributed by atoms with Gasteiger partial charge in [0, 0.05) is 25.2 Å². The molecule has 2 saturated heterocycles. The summed E-state index contributed by atoms with van der Waals surface area (Å²) in [5.74, 6) is -2.43. The molecule has 4 aliphatic carbocycles. The smallest absolute Gasteiger partial charge is 0.246 e. The Hall–Kier alpha value is -5.88. The lowest BCUT2D eigenvalue weighted by molar-refractivity contribution is -0.168. The van der Waals surface area contributed by atoms with Crippen LogP contribution in [0.25, 0.3) is 0 Å². The summed E-state index contributed by atoms with van der Waals surface area (Å²) in [4.78, 5) is 118. The lowest BCUT2D eigenvalue weighted by Gasteiger charge is -2.60. The Morgan fingerprint density at radius 1 is 0.513 bits per heavy atom. The number of hydrogen-bond acceptors (Lipinski definition) is 10. The van der Waals surface area contributed by atoms with Crippen molar-refractivity contribution in [1.82, 2.24) is 52.3 Å². The first-order chi connectivity index (χ1) is 35.7. The van der Waals surface area contributed by atoms with Gasteiger partial charge >= 0.3 is 0 Å². The van der Waals surface area contributed by atoms with Gasteiger partial charge in [-0.2, -0.15) is 0 Å². The van der Waals surface area contributed by atoms with Crippen LogP contribution in [-0.2, 0) is 38.4 Å². The molecule has 8 rings (SSSR count). The first-order valence-electron chi connectivity index (χ1n) is 27.6. The van der Waals surface area contributed by atoms with Gasteiger partial charge in [-0.1, -0.05) is 102 Å². The molecule has 2 aromatic carbocycles. The molecule has 2 aliphatic heterocycles. The standard InChI is InChI=1S/C58H86N10O8/c1-33(39-19-15-13-16-20-39)61-49(71)43-24-41(30-67(43)51(73)45(55(5,6)7)65-47(69)35(3)59-11)63-53(75)57-26-37-23-38(27-57)29-58(28-37,32-57)54(76)64-42-25-44(50(72)62-34(2)40-21-17-14-18-22-40)68(31-42)52(74)46(56(8,9)10)66-48(70)36(4)60-12/h13-22,33-38,41-46,59-60H,23-32H2,1-12H3,(H,61,71)(H,62,72)(H,63,75)(H,64,76)(H,65,69)(H,66,70). The van der Waals surface area contributed by atoms with Crippen molar-refractivity contribution < 1.29 is 38.4 Å². The molecule has 2 heterocycles. The fourth-order valence-electron chi connectivity index (χ4n) is 13.0. The summed E-state index contributed by atoms with van der Waals surface area (Å²) >= 11 is 0. The van der Waals surface area contributed by atoms with E-state index in [0.717, 1.165) is 17.5 Å². The predicted octanol–water partition coefficient (Wildman–Crippen LogP) is 3.78. The summed E-state index contributed by atoms with van der Waals surface area (Å²) in [6, 6.07) is 12.1. The number of likely N-dealkylation sites (tertiary alicyclic amines) is 2. The molecule has 76 heavy (non-hydrogen) atoms. The van der Waals surface area contributed by atoms with Gasteiger partial charge in [0.05, 0.1) is 35.0 Å². The number of amides is 8. The quantitative estimate of drug-likeness (QED) is 0.108. The second-order valence-electron chi connectivity index (χ2n) is 25.3. The topological polar surface area (TPSA) is 239 Å². The van der Waals surface area contributed by atoms with Crippen LogP contribution in [0.2, 0.25) is 0 Å². The fraction of sp³-hybridized carbons (Fsp3) is 0.655. The maximum absolute atomic E-state index is 15.1. The molecule has 4 bridgehead atoms. The molecule has 416 valence electrons. The van der Waals surface area contributed by atoms with Gasteiger partial charge in [-0.05, 0) is 127 Å². The van der Waals surface area contributed by atoms with E-state index in [1.807, 2.05) is 116 Å². The van der Waals surface area contributed by atoms with E-state index < -0.39 is 81.8 Å². The Labute approximate surface area is 449 Å². The van der Waals surface area contributed by atoms with Crippen LogP contribution < -0.4 is 42.5 Å². The molecule has 6 fully saturated rings. The number of nitrogens with one attached hydrogen (secondary N) is 8. The van der Waals surface area contributed by atoms with Crippen LogP contribution in [0, 0.1) is 33.5 Å². The Morgan fingerprint density at radius 2 is 0.855 bits per heavy atom. The van der Waals surface area contributed by atoms with E-state index in [1.165, 1.54) is 9.80 Å². The molecule has 2 aromatic rings. The molecule has 0 spiro atoms. The van der Waals surface area contributed by atoms with Gasteiger partial charge in [-0.25, -0.2) is 0 Å². The lowest BCUT2D eigenvalue weighted by atomic mass is 9.43. The molecule has 6 aliphatic rings. The van der Waals surface area contributed by atoms with Crippen LogP contribution in [0.15, 0.2) is 60.7 Å². The summed E-state index contributed by atoms with van der Waals surface area (Å²) in [7, 11) is 3.33. The number of benzene rings is 2. The minimum absolute atomic E-state index is 0.0466. The van der Waals surface area contributed by atoms with Gasteiger partial charge < -0.3 is 52.3 Å². The number of rotatable bonds is 18. The van der Waals surface area contributed by atoms with Crippen molar-refractivity contribution in [3.63, 3.8) is 0 Å². The number of carbonyl (C=O) groups is 8. The third kappa shape index (κ3) is 12.6. The predicted molar refractivity (Wildman–Crippen MR) is 289 cm³/mol. The van der Waals surface area contributed by atoms with Gasteiger partial charge in [0.1, 0.15) is 24.2 Å². The molecule has 18 heteroatoms. The van der Waals surface area contributed by atoms with Crippen molar-refractivity contribution in [2.24, 2.45) is 33.5 Å². The molecular weight excluding hydrogens is 965 g/mol. The number of carbonyl (C=O) groups excluding carboxylic acids is 8. The van der Waals surface area contributed by atoms with E-state index in [4.69, 9.17) is 0 Å². The first-order valence-corrected chi connectivity index (χ1v) is 27.6. The monoisotopic (exact) mass is 1050 g/mol. The fourth-order valence-corrected chi connectivity index (χ4v) is 13.0. The van der Waals surface area contributed by atoms with E-state index in [2.05, 4.69) is 42.5 Å². The van der Waals surface area contributed by atoms with E-state index in [9.17, 15) is 28.8 Å². The van der Waals surface area contributed by atoms with Crippen molar-refractivity contribution >= 4 is 47.3 Å². The van der Waals surface area contributed by atoms with E-state index in [1.54, 1.807) is 27.9 Å². The zero-order chi connectivity index (χ0) is 55.7. The molecule has 18 nitrogen and oxygen atoms in total. The average molecular weight is 1050 g/mol. The van der Waals surface area contributed by atoms with E-state index >= 15 is 9.59 Å². The largest absolute Gasteiger partial charge is 0.351 e. The second-order valence-corrected chi connectivity index (χ2v) is 25.3. The summed E-state index contributed by atoms with van der Waals surface area (Å²) in [6.07, 6.45) is 3.97. The number of likely N-dealkylation sites (N-methyl/N-ethyl adjacent to an activating group) is 2. The van der Waals surface area contributed by atoms with Gasteiger partial charge in [0.15, 0.2) is 0 Å². The van der Waals surface area contributed by atoms with Crippen molar-refractivity contribution in [3.8, 4) is 0 Å². The maximum atomic E-state index is 15.1. The summed E-state index contributed by atoms with van der Waals surface area (Å²) in [5, 5.41) is 24.6. The third-order valence-corrected chi connectivity index (χ3v) is 17.2. The first kappa shape index (κ1) is 57.8. The SMILES string of the molecule is CNC(C)C(=O)NC(C(=O)N1CC(NC(=O)C23CC4CC(C2)CC(C(=O)NC2CC(C(=O)NC(C)c5ccccc5)N(C(=O)C(NC(=O)C(C)NC)C(C)(C)C)C2)(C4)C3)CC1C(=O)NC(C)c1ccccc1)C(C)(C)C. The van der Waals surface area contributed by atoms with Gasteiger partial charge in [0.2, 0.25) is 47.3 Å². The maximum Gasteiger partial charge on any atom is 0.246 e. The highest BCUT2D eigenvalue weighted by atomic mass is 16.2. The average Bonchev–Trinajstić information content (AvgIpc) is 4.00. The molecule has 8 N–H and O–H groups in total. The van der Waals surface area contributed by atoms with Crippen LogP contribution in [0.3, 0.4) is 0 Å². The zero-order valence-corrected chi connectivity index (χ0v) is 46.9. The molecule has 8 amide bonds. The van der Waals surface area contributed by atoms with E-state index in [0.29, 0.717) is 32.1 Å². The van der Waals surface area contributed by atoms with Crippen LogP contribution in [0.5, 0.6) is 0 Å². The van der Waals surface area contributed by atoms with Gasteiger partial charge in [-0.15, -0.1) is 0 Å². The van der Waals surface area contributed by atoms with Crippen LogP contribution >= 0.6 is 0 Å². The summed E-state index contributed by atoms with van der Waals surface area (Å²) in [6.45, 7) is 18.4. The van der Waals surface area contributed by atoms with Crippen molar-refractivity contribution in [3.05, 3.63) is 71.8 Å². The molecule has 4 saturated carbocycles. The second kappa shape index (κ2) is 23.0. The highest BCUT2D eigenvalue weighted by Gasteiger charge is 2.64. The van der Waals surface area contributed by atoms with Crippen molar-refractivity contribution in [1.29, 1.82) is 0 Å². The van der Waals surface area contributed by atoms with Crippen LogP contribution in [-0.4, -0.2) is 133 Å². The Morgan fingerprint density at radius 3 is 1.17 bits per heavy atom. The Kier molecular flexibility index (Phi) is 17.5. The third-order valence-electron chi connectivity index (χ3n) is 17.2. The molecular formula is C58H86N10O8. The Bertz CT molecular complexity index is 2300. The minimum atomic E-state index is -0.978. The highest BCUT2D eigenvalue weighted by molar-refractivity contribution is 5.96. The minimum Gasteiger partial charge on any atom is -0.351 e. The number of hydrogen-bond donors (Lipinski definition) is 8. The number of nitrogens with zero attached hydrogens (tertiary/aromatic N) is 2. The van der Waals surface area contributed by atoms with Gasteiger partial charge in [-0.3, -0.25) is 38.4 Å². The summed E-state index contributed by atoms with van der Waals surface area (Å²) < 4.78 is 0. The van der Waals surface area contributed by atoms with Crippen LogP contribution in [0.4, 0.5) is 0 Å². The van der Waals surface area contributed by atoms with Crippen molar-refractivity contribution in [2.45, 2.75) is 181 Å². The van der Waals surface area contributed by atoms with Gasteiger partial charge in [0.25, 0.3) is 0 Å². The summed E-state index contributed by atoms with van der Waals surface area (Å²) in [5.41, 5.74) is -1.42. The lowest BCUT2D eigenvalue weighted by Crippen LogP contribution is -2.63. The normalized spacial score (nSPS) is 28.3. The van der Waals surface area contributed by atoms with Crippen LogP contribution in [0.1, 0.15) is 144 Å². The van der Waals surface area contributed by atoms with Crippen molar-refractivity contribution in [2.75, 3.05) is 27.2 Å². The molecule has 10 atom stereocenters. The molecule has 0 radical (unpaired) electrons. The zero-order valence-electron chi connectivity index (χ0n) is 46.9. The molecule has 10 unspecified atom stereocenters. The molecule has 0 aromatic heterocycles. The Balaban J connectivity index is 1.11. The highest BCUT2D eigenvalue weighted by Crippen LogP contribution is 2.65.